The van der Waals surface area contributed by atoms with Crippen LogP contribution in [-0.4, -0.2) is 17.4 Å². The van der Waals surface area contributed by atoms with Crippen LogP contribution in [0.2, 0.25) is 0 Å². The lowest BCUT2D eigenvalue weighted by atomic mass is 10.0. The SMILES string of the molecule is O=C(CC1CCCC1)NCCc1cccnc1. The van der Waals surface area contributed by atoms with Gasteiger partial charge in [-0.3, -0.25) is 9.78 Å². The predicted octanol–water partition coefficient (Wildman–Crippen LogP) is 2.32. The quantitative estimate of drug-likeness (QED) is 0.846. The van der Waals surface area contributed by atoms with E-state index in [1.165, 1.54) is 31.2 Å². The molecule has 2 rings (SSSR count). The number of carbonyl (C=O) groups is 1. The molecule has 1 aliphatic carbocycles. The molecule has 17 heavy (non-hydrogen) atoms. The van der Waals surface area contributed by atoms with Crippen molar-refractivity contribution in [1.29, 1.82) is 0 Å². The minimum absolute atomic E-state index is 0.209. The summed E-state index contributed by atoms with van der Waals surface area (Å²) >= 11 is 0. The number of pyridine rings is 1. The lowest BCUT2D eigenvalue weighted by Gasteiger charge is -2.09. The zero-order chi connectivity index (χ0) is 11.9. The highest BCUT2D eigenvalue weighted by Crippen LogP contribution is 2.27. The van der Waals surface area contributed by atoms with Gasteiger partial charge in [0.1, 0.15) is 0 Å². The smallest absolute Gasteiger partial charge is 0.220 e. The van der Waals surface area contributed by atoms with E-state index in [4.69, 9.17) is 0 Å². The molecule has 0 spiro atoms. The molecule has 1 aliphatic rings. The van der Waals surface area contributed by atoms with E-state index in [9.17, 15) is 4.79 Å². The summed E-state index contributed by atoms with van der Waals surface area (Å²) in [4.78, 5) is 15.7. The third-order valence-corrected chi connectivity index (χ3v) is 3.41. The van der Waals surface area contributed by atoms with Crippen molar-refractivity contribution in [3.8, 4) is 0 Å². The molecule has 1 fully saturated rings. The van der Waals surface area contributed by atoms with Crippen molar-refractivity contribution in [3.63, 3.8) is 0 Å². The van der Waals surface area contributed by atoms with Gasteiger partial charge in [-0.2, -0.15) is 0 Å². The summed E-state index contributed by atoms with van der Waals surface area (Å²) in [6.45, 7) is 0.719. The fourth-order valence-electron chi connectivity index (χ4n) is 2.44. The van der Waals surface area contributed by atoms with Crippen LogP contribution >= 0.6 is 0 Å². The molecule has 1 amide bonds. The standard InChI is InChI=1S/C14H20N2O/c17-14(10-12-4-1-2-5-12)16-9-7-13-6-3-8-15-11-13/h3,6,8,11-12H,1-2,4-5,7,9-10H2,(H,16,17). The molecule has 1 aromatic heterocycles. The number of carbonyl (C=O) groups excluding carboxylic acids is 1. The molecule has 3 nitrogen and oxygen atoms in total. The minimum Gasteiger partial charge on any atom is -0.356 e. The second kappa shape index (κ2) is 6.38. The topological polar surface area (TPSA) is 42.0 Å². The molecule has 3 heteroatoms. The Labute approximate surface area is 103 Å². The molecule has 1 N–H and O–H groups in total. The van der Waals surface area contributed by atoms with Gasteiger partial charge in [0.25, 0.3) is 0 Å². The van der Waals surface area contributed by atoms with Gasteiger partial charge in [0, 0.05) is 25.4 Å². The van der Waals surface area contributed by atoms with Gasteiger partial charge in [-0.05, 0) is 36.8 Å². The highest BCUT2D eigenvalue weighted by atomic mass is 16.1. The van der Waals surface area contributed by atoms with Gasteiger partial charge < -0.3 is 5.32 Å². The lowest BCUT2D eigenvalue weighted by Crippen LogP contribution is -2.27. The van der Waals surface area contributed by atoms with Crippen LogP contribution in [0.3, 0.4) is 0 Å². The molecule has 1 aromatic rings. The van der Waals surface area contributed by atoms with E-state index in [0.29, 0.717) is 12.3 Å². The third-order valence-electron chi connectivity index (χ3n) is 3.41. The Morgan fingerprint density at radius 3 is 2.94 bits per heavy atom. The van der Waals surface area contributed by atoms with E-state index in [1.54, 1.807) is 6.20 Å². The average Bonchev–Trinajstić information content (AvgIpc) is 2.83. The van der Waals surface area contributed by atoms with E-state index in [2.05, 4.69) is 10.3 Å². The maximum Gasteiger partial charge on any atom is 0.220 e. The highest BCUT2D eigenvalue weighted by molar-refractivity contribution is 5.76. The van der Waals surface area contributed by atoms with Crippen LogP contribution in [0.25, 0.3) is 0 Å². The zero-order valence-electron chi connectivity index (χ0n) is 10.2. The first-order chi connectivity index (χ1) is 8.34. The number of hydrogen-bond donors (Lipinski definition) is 1. The Morgan fingerprint density at radius 2 is 2.24 bits per heavy atom. The van der Waals surface area contributed by atoms with E-state index < -0.39 is 0 Å². The third kappa shape index (κ3) is 4.17. The molecule has 92 valence electrons. The summed E-state index contributed by atoms with van der Waals surface area (Å²) in [6, 6.07) is 3.96. The lowest BCUT2D eigenvalue weighted by molar-refractivity contribution is -0.121. The van der Waals surface area contributed by atoms with Crippen LogP contribution in [0.5, 0.6) is 0 Å². The van der Waals surface area contributed by atoms with Crippen molar-refractivity contribution in [2.24, 2.45) is 5.92 Å². The van der Waals surface area contributed by atoms with Crippen molar-refractivity contribution < 1.29 is 4.79 Å². The molecule has 0 saturated heterocycles. The second-order valence-electron chi connectivity index (χ2n) is 4.82. The molecule has 0 atom stereocenters. The number of hydrogen-bond acceptors (Lipinski definition) is 2. The molecular weight excluding hydrogens is 212 g/mol. The van der Waals surface area contributed by atoms with Crippen LogP contribution in [0.15, 0.2) is 24.5 Å². The van der Waals surface area contributed by atoms with E-state index in [-0.39, 0.29) is 5.91 Å². The number of nitrogens with zero attached hydrogens (tertiary/aromatic N) is 1. The largest absolute Gasteiger partial charge is 0.356 e. The van der Waals surface area contributed by atoms with E-state index in [1.807, 2.05) is 18.3 Å². The summed E-state index contributed by atoms with van der Waals surface area (Å²) in [7, 11) is 0. The van der Waals surface area contributed by atoms with Gasteiger partial charge in [-0.15, -0.1) is 0 Å². The fraction of sp³-hybridized carbons (Fsp3) is 0.571. The maximum atomic E-state index is 11.7. The summed E-state index contributed by atoms with van der Waals surface area (Å²) in [5.74, 6) is 0.842. The Balaban J connectivity index is 1.63. The maximum absolute atomic E-state index is 11.7. The number of amides is 1. The Kier molecular flexibility index (Phi) is 4.54. The molecule has 1 saturated carbocycles. The van der Waals surface area contributed by atoms with Gasteiger partial charge in [0.15, 0.2) is 0 Å². The van der Waals surface area contributed by atoms with E-state index >= 15 is 0 Å². The Morgan fingerprint density at radius 1 is 1.41 bits per heavy atom. The van der Waals surface area contributed by atoms with Crippen LogP contribution in [0, 0.1) is 5.92 Å². The molecule has 0 unspecified atom stereocenters. The monoisotopic (exact) mass is 232 g/mol. The fourth-order valence-corrected chi connectivity index (χ4v) is 2.44. The van der Waals surface area contributed by atoms with Crippen LogP contribution in [0.4, 0.5) is 0 Å². The Bertz CT molecular complexity index is 344. The summed E-state index contributed by atoms with van der Waals surface area (Å²) < 4.78 is 0. The first-order valence-electron chi connectivity index (χ1n) is 6.50. The van der Waals surface area contributed by atoms with Crippen LogP contribution in [0.1, 0.15) is 37.7 Å². The molecule has 0 bridgehead atoms. The summed E-state index contributed by atoms with van der Waals surface area (Å²) in [5, 5.41) is 2.99. The first kappa shape index (κ1) is 12.1. The zero-order valence-corrected chi connectivity index (χ0v) is 10.2. The number of rotatable bonds is 5. The van der Waals surface area contributed by atoms with Crippen molar-refractivity contribution in [3.05, 3.63) is 30.1 Å². The number of nitrogens with one attached hydrogen (secondary N) is 1. The average molecular weight is 232 g/mol. The first-order valence-corrected chi connectivity index (χ1v) is 6.50. The minimum atomic E-state index is 0.209. The van der Waals surface area contributed by atoms with Gasteiger partial charge in [-0.1, -0.05) is 18.9 Å². The molecule has 1 heterocycles. The van der Waals surface area contributed by atoms with Gasteiger partial charge in [-0.25, -0.2) is 0 Å². The predicted molar refractivity (Wildman–Crippen MR) is 67.5 cm³/mol. The summed E-state index contributed by atoms with van der Waals surface area (Å²) in [5.41, 5.74) is 1.17. The van der Waals surface area contributed by atoms with Gasteiger partial charge in [0.05, 0.1) is 0 Å². The van der Waals surface area contributed by atoms with Crippen LogP contribution < -0.4 is 5.32 Å². The Hall–Kier alpha value is -1.38. The normalized spacial score (nSPS) is 16.0. The second-order valence-corrected chi connectivity index (χ2v) is 4.82. The van der Waals surface area contributed by atoms with Gasteiger partial charge in [0.2, 0.25) is 5.91 Å². The highest BCUT2D eigenvalue weighted by Gasteiger charge is 2.17. The molecule has 0 aliphatic heterocycles. The van der Waals surface area contributed by atoms with Crippen molar-refractivity contribution in [1.82, 2.24) is 10.3 Å². The van der Waals surface area contributed by atoms with E-state index in [0.717, 1.165) is 13.0 Å². The number of aromatic nitrogens is 1. The molecule has 0 aromatic carbocycles. The van der Waals surface area contributed by atoms with Crippen molar-refractivity contribution in [2.75, 3.05) is 6.54 Å². The van der Waals surface area contributed by atoms with Crippen molar-refractivity contribution >= 4 is 5.91 Å². The molecule has 0 radical (unpaired) electrons. The van der Waals surface area contributed by atoms with Crippen molar-refractivity contribution in [2.45, 2.75) is 38.5 Å². The summed E-state index contributed by atoms with van der Waals surface area (Å²) in [6.07, 6.45) is 10.3. The van der Waals surface area contributed by atoms with Gasteiger partial charge >= 0.3 is 0 Å². The molecular formula is C14H20N2O. The van der Waals surface area contributed by atoms with Crippen LogP contribution in [-0.2, 0) is 11.2 Å².